The van der Waals surface area contributed by atoms with Gasteiger partial charge in [-0.15, -0.1) is 0 Å². The number of nitrogens with zero attached hydrogens (tertiary/aromatic N) is 2. The number of carbonyl (C=O) groups excluding carboxylic acids is 2. The average molecular weight is 382 g/mol. The summed E-state index contributed by atoms with van der Waals surface area (Å²) >= 11 is 0. The molecule has 1 saturated heterocycles. The number of para-hydroxylation sites is 2. The van der Waals surface area contributed by atoms with Crippen molar-refractivity contribution in [2.24, 2.45) is 0 Å². The van der Waals surface area contributed by atoms with Crippen LogP contribution in [0.4, 0.5) is 5.69 Å². The monoisotopic (exact) mass is 382 g/mol. The predicted molar refractivity (Wildman–Crippen MR) is 107 cm³/mol. The van der Waals surface area contributed by atoms with Gasteiger partial charge in [0.1, 0.15) is 5.75 Å². The number of carbonyl (C=O) groups is 2. The SMILES string of the molecule is COc1ccccc1CC(=O)O[C@@H](C)C(=O)N1CCN(c2ccccc2)CC1. The Hall–Kier alpha value is -3.02. The summed E-state index contributed by atoms with van der Waals surface area (Å²) in [5.41, 5.74) is 1.90. The van der Waals surface area contributed by atoms with Crippen LogP contribution in [-0.2, 0) is 20.7 Å². The summed E-state index contributed by atoms with van der Waals surface area (Å²) in [6.45, 7) is 4.38. The Balaban J connectivity index is 1.50. The first kappa shape index (κ1) is 19.7. The number of anilines is 1. The van der Waals surface area contributed by atoms with Crippen molar-refractivity contribution in [3.05, 3.63) is 60.2 Å². The van der Waals surface area contributed by atoms with Gasteiger partial charge in [-0.2, -0.15) is 0 Å². The highest BCUT2D eigenvalue weighted by Crippen LogP contribution is 2.19. The maximum absolute atomic E-state index is 12.7. The molecule has 3 rings (SSSR count). The third-order valence-corrected chi connectivity index (χ3v) is 4.90. The molecule has 1 fully saturated rings. The molecule has 2 aromatic rings. The van der Waals surface area contributed by atoms with Crippen LogP contribution >= 0.6 is 0 Å². The van der Waals surface area contributed by atoms with Crippen LogP contribution in [0, 0.1) is 0 Å². The molecule has 0 aromatic heterocycles. The number of amides is 1. The van der Waals surface area contributed by atoms with Gasteiger partial charge < -0.3 is 19.3 Å². The highest BCUT2D eigenvalue weighted by molar-refractivity contribution is 5.84. The topological polar surface area (TPSA) is 59.1 Å². The summed E-state index contributed by atoms with van der Waals surface area (Å²) in [5, 5.41) is 0. The van der Waals surface area contributed by atoms with E-state index < -0.39 is 12.1 Å². The van der Waals surface area contributed by atoms with E-state index in [4.69, 9.17) is 9.47 Å². The maximum atomic E-state index is 12.7. The van der Waals surface area contributed by atoms with E-state index in [1.165, 1.54) is 0 Å². The first-order valence-corrected chi connectivity index (χ1v) is 9.48. The van der Waals surface area contributed by atoms with Crippen molar-refractivity contribution in [3.63, 3.8) is 0 Å². The molecule has 1 amide bonds. The van der Waals surface area contributed by atoms with E-state index in [1.807, 2.05) is 36.4 Å². The van der Waals surface area contributed by atoms with Crippen molar-refractivity contribution in [3.8, 4) is 5.75 Å². The lowest BCUT2D eigenvalue weighted by Gasteiger charge is -2.37. The van der Waals surface area contributed by atoms with Crippen molar-refractivity contribution in [2.75, 3.05) is 38.2 Å². The van der Waals surface area contributed by atoms with Crippen LogP contribution in [0.5, 0.6) is 5.75 Å². The highest BCUT2D eigenvalue weighted by atomic mass is 16.5. The zero-order valence-corrected chi connectivity index (χ0v) is 16.3. The fourth-order valence-electron chi connectivity index (χ4n) is 3.37. The summed E-state index contributed by atoms with van der Waals surface area (Å²) in [5.74, 6) is 0.0461. The van der Waals surface area contributed by atoms with Gasteiger partial charge in [0.2, 0.25) is 0 Å². The smallest absolute Gasteiger partial charge is 0.311 e. The molecule has 0 aliphatic carbocycles. The second kappa shape index (κ2) is 9.26. The molecule has 0 spiro atoms. The van der Waals surface area contributed by atoms with Gasteiger partial charge in [0.05, 0.1) is 13.5 Å². The van der Waals surface area contributed by atoms with Crippen LogP contribution in [0.2, 0.25) is 0 Å². The lowest BCUT2D eigenvalue weighted by molar-refractivity contribution is -0.158. The van der Waals surface area contributed by atoms with Gasteiger partial charge in [-0.3, -0.25) is 9.59 Å². The fourth-order valence-corrected chi connectivity index (χ4v) is 3.37. The standard InChI is InChI=1S/C22H26N2O4/c1-17(28-21(25)16-18-8-6-7-11-20(18)27-2)22(26)24-14-12-23(13-15-24)19-9-4-3-5-10-19/h3-11,17H,12-16H2,1-2H3/t17-/m0/s1. The molecule has 2 aromatic carbocycles. The number of esters is 1. The lowest BCUT2D eigenvalue weighted by Crippen LogP contribution is -2.51. The van der Waals surface area contributed by atoms with Crippen LogP contribution in [0.25, 0.3) is 0 Å². The second-order valence-corrected chi connectivity index (χ2v) is 6.77. The normalized spacial score (nSPS) is 15.1. The Labute approximate surface area is 165 Å². The molecular formula is C22H26N2O4. The number of methoxy groups -OCH3 is 1. The van der Waals surface area contributed by atoms with Gasteiger partial charge in [0.25, 0.3) is 5.91 Å². The number of ether oxygens (including phenoxy) is 2. The zero-order valence-electron chi connectivity index (χ0n) is 16.3. The average Bonchev–Trinajstić information content (AvgIpc) is 2.74. The van der Waals surface area contributed by atoms with Crippen LogP contribution in [0.15, 0.2) is 54.6 Å². The third-order valence-electron chi connectivity index (χ3n) is 4.90. The summed E-state index contributed by atoms with van der Waals surface area (Å²) < 4.78 is 10.6. The minimum absolute atomic E-state index is 0.0728. The molecule has 6 nitrogen and oxygen atoms in total. The van der Waals surface area contributed by atoms with E-state index in [0.29, 0.717) is 18.8 Å². The summed E-state index contributed by atoms with van der Waals surface area (Å²) in [7, 11) is 1.56. The number of hydrogen-bond donors (Lipinski definition) is 0. The molecule has 0 saturated carbocycles. The number of hydrogen-bond acceptors (Lipinski definition) is 5. The molecule has 0 bridgehead atoms. The molecule has 0 N–H and O–H groups in total. The molecule has 0 unspecified atom stereocenters. The Morgan fingerprint density at radius 2 is 1.61 bits per heavy atom. The van der Waals surface area contributed by atoms with E-state index in [-0.39, 0.29) is 12.3 Å². The quantitative estimate of drug-likeness (QED) is 0.719. The van der Waals surface area contributed by atoms with Crippen molar-refractivity contribution < 1.29 is 19.1 Å². The molecule has 1 atom stereocenters. The molecule has 28 heavy (non-hydrogen) atoms. The Morgan fingerprint density at radius 1 is 0.964 bits per heavy atom. The Bertz CT molecular complexity index is 801. The van der Waals surface area contributed by atoms with Crippen LogP contribution in [-0.4, -0.2) is 56.2 Å². The highest BCUT2D eigenvalue weighted by Gasteiger charge is 2.27. The first-order chi connectivity index (χ1) is 13.6. The predicted octanol–water partition coefficient (Wildman–Crippen LogP) is 2.52. The van der Waals surface area contributed by atoms with E-state index in [2.05, 4.69) is 17.0 Å². The van der Waals surface area contributed by atoms with E-state index in [9.17, 15) is 9.59 Å². The molecule has 6 heteroatoms. The second-order valence-electron chi connectivity index (χ2n) is 6.77. The molecule has 148 valence electrons. The van der Waals surface area contributed by atoms with Gasteiger partial charge in [-0.25, -0.2) is 0 Å². The van der Waals surface area contributed by atoms with Crippen molar-refractivity contribution in [1.29, 1.82) is 0 Å². The van der Waals surface area contributed by atoms with Crippen LogP contribution < -0.4 is 9.64 Å². The first-order valence-electron chi connectivity index (χ1n) is 9.48. The van der Waals surface area contributed by atoms with E-state index >= 15 is 0 Å². The number of rotatable bonds is 6. The third kappa shape index (κ3) is 4.82. The van der Waals surface area contributed by atoms with Crippen molar-refractivity contribution in [1.82, 2.24) is 4.90 Å². The Kier molecular flexibility index (Phi) is 6.53. The van der Waals surface area contributed by atoms with Gasteiger partial charge >= 0.3 is 5.97 Å². The van der Waals surface area contributed by atoms with E-state index in [0.717, 1.165) is 24.3 Å². The number of piperazine rings is 1. The minimum atomic E-state index is -0.800. The van der Waals surface area contributed by atoms with Crippen LogP contribution in [0.3, 0.4) is 0 Å². The van der Waals surface area contributed by atoms with Gasteiger partial charge in [-0.1, -0.05) is 36.4 Å². The molecular weight excluding hydrogens is 356 g/mol. The van der Waals surface area contributed by atoms with Crippen LogP contribution in [0.1, 0.15) is 12.5 Å². The Morgan fingerprint density at radius 3 is 2.29 bits per heavy atom. The fraction of sp³-hybridized carbons (Fsp3) is 0.364. The summed E-state index contributed by atoms with van der Waals surface area (Å²) in [4.78, 5) is 28.9. The largest absolute Gasteiger partial charge is 0.496 e. The summed E-state index contributed by atoms with van der Waals surface area (Å²) in [6.07, 6.45) is -0.728. The number of benzene rings is 2. The van der Waals surface area contributed by atoms with Gasteiger partial charge in [0.15, 0.2) is 6.10 Å². The summed E-state index contributed by atoms with van der Waals surface area (Å²) in [6, 6.07) is 17.4. The minimum Gasteiger partial charge on any atom is -0.496 e. The van der Waals surface area contributed by atoms with E-state index in [1.54, 1.807) is 25.0 Å². The van der Waals surface area contributed by atoms with Gasteiger partial charge in [-0.05, 0) is 25.1 Å². The van der Waals surface area contributed by atoms with Crippen molar-refractivity contribution in [2.45, 2.75) is 19.4 Å². The molecule has 1 aliphatic heterocycles. The molecule has 1 heterocycles. The lowest BCUT2D eigenvalue weighted by atomic mass is 10.1. The molecule has 0 radical (unpaired) electrons. The maximum Gasteiger partial charge on any atom is 0.311 e. The van der Waals surface area contributed by atoms with Gasteiger partial charge in [0, 0.05) is 37.4 Å². The van der Waals surface area contributed by atoms with Crippen molar-refractivity contribution >= 4 is 17.6 Å². The zero-order chi connectivity index (χ0) is 19.9. The molecule has 1 aliphatic rings.